The third-order valence-corrected chi connectivity index (χ3v) is 3.00. The van der Waals surface area contributed by atoms with E-state index in [0.29, 0.717) is 6.42 Å². The summed E-state index contributed by atoms with van der Waals surface area (Å²) in [5.41, 5.74) is 0.689. The third kappa shape index (κ3) is 3.78. The quantitative estimate of drug-likeness (QED) is 0.792. The topological polar surface area (TPSA) is 29.5 Å². The molecule has 0 fully saturated rings. The third-order valence-electron chi connectivity index (χ3n) is 1.94. The predicted octanol–water partition coefficient (Wildman–Crippen LogP) is 2.83. The van der Waals surface area contributed by atoms with Gasteiger partial charge in [-0.3, -0.25) is 0 Å². The number of hydrogen-bond donors (Lipinski definition) is 1. The summed E-state index contributed by atoms with van der Waals surface area (Å²) in [7, 11) is 8.01. The second-order valence-corrected chi connectivity index (χ2v) is 4.19. The molecule has 1 aromatic carbocycles. The fraction of sp³-hybridized carbons (Fsp3) is 0.400. The Labute approximate surface area is 92.7 Å². The van der Waals surface area contributed by atoms with Crippen molar-refractivity contribution in [2.24, 2.45) is 0 Å². The van der Waals surface area contributed by atoms with Crippen LogP contribution in [0, 0.1) is 0 Å². The Morgan fingerprint density at radius 1 is 1.43 bits per heavy atom. The van der Waals surface area contributed by atoms with Gasteiger partial charge < -0.3 is 9.84 Å². The van der Waals surface area contributed by atoms with Gasteiger partial charge in [-0.15, -0.1) is 0 Å². The standard InChI is InChI=1S/C10H13ClO2S/c1-13-9-5-2-8(3-6-9)4-7-10(12)14-11/h2-3,5-6,10,12H,4,7H2,1H3. The zero-order valence-corrected chi connectivity index (χ0v) is 9.52. The number of halogens is 1. The summed E-state index contributed by atoms with van der Waals surface area (Å²) in [6, 6.07) is 7.81. The normalized spacial score (nSPS) is 12.5. The Hall–Kier alpha value is -0.380. The summed E-state index contributed by atoms with van der Waals surface area (Å²) >= 11 is 0. The first-order valence-corrected chi connectivity index (χ1v) is 6.05. The maximum atomic E-state index is 9.23. The van der Waals surface area contributed by atoms with E-state index in [1.807, 2.05) is 24.3 Å². The molecule has 0 heterocycles. The zero-order chi connectivity index (χ0) is 10.4. The Morgan fingerprint density at radius 3 is 2.57 bits per heavy atom. The summed E-state index contributed by atoms with van der Waals surface area (Å²) in [5.74, 6) is 0.848. The number of methoxy groups -OCH3 is 1. The molecule has 0 aliphatic carbocycles. The lowest BCUT2D eigenvalue weighted by Gasteiger charge is -2.06. The molecule has 2 nitrogen and oxygen atoms in total. The molecule has 78 valence electrons. The molecule has 4 heteroatoms. The number of rotatable bonds is 5. The molecule has 0 saturated heterocycles. The largest absolute Gasteiger partial charge is 0.497 e. The van der Waals surface area contributed by atoms with Crippen molar-refractivity contribution in [1.82, 2.24) is 0 Å². The Kier molecular flexibility index (Phi) is 5.15. The van der Waals surface area contributed by atoms with Crippen LogP contribution in [0.15, 0.2) is 24.3 Å². The van der Waals surface area contributed by atoms with Crippen LogP contribution < -0.4 is 4.74 Å². The minimum absolute atomic E-state index is 0.487. The smallest absolute Gasteiger partial charge is 0.118 e. The van der Waals surface area contributed by atoms with E-state index < -0.39 is 5.44 Å². The predicted molar refractivity (Wildman–Crippen MR) is 60.8 cm³/mol. The number of aliphatic hydroxyl groups is 1. The lowest BCUT2D eigenvalue weighted by Crippen LogP contribution is -2.00. The van der Waals surface area contributed by atoms with E-state index in [0.717, 1.165) is 23.1 Å². The molecule has 0 saturated carbocycles. The molecule has 1 aromatic rings. The van der Waals surface area contributed by atoms with E-state index in [1.54, 1.807) is 7.11 Å². The van der Waals surface area contributed by atoms with Crippen molar-refractivity contribution >= 4 is 21.7 Å². The second-order valence-electron chi connectivity index (χ2n) is 2.93. The van der Waals surface area contributed by atoms with Crippen molar-refractivity contribution in [2.45, 2.75) is 18.3 Å². The first-order valence-electron chi connectivity index (χ1n) is 4.34. The molecule has 14 heavy (non-hydrogen) atoms. The average molecular weight is 233 g/mol. The molecule has 0 aromatic heterocycles. The molecule has 0 spiro atoms. The second kappa shape index (κ2) is 6.17. The van der Waals surface area contributed by atoms with Gasteiger partial charge in [-0.1, -0.05) is 12.1 Å². The maximum Gasteiger partial charge on any atom is 0.118 e. The van der Waals surface area contributed by atoms with Crippen LogP contribution in [0.25, 0.3) is 0 Å². The number of ether oxygens (including phenoxy) is 1. The molecule has 0 bridgehead atoms. The molecule has 1 atom stereocenters. The molecule has 1 rings (SSSR count). The van der Waals surface area contributed by atoms with E-state index in [4.69, 9.17) is 15.4 Å². The number of aliphatic hydroxyl groups excluding tert-OH is 1. The maximum absolute atomic E-state index is 9.23. The first kappa shape index (κ1) is 11.7. The Balaban J connectivity index is 2.43. The van der Waals surface area contributed by atoms with Gasteiger partial charge in [0, 0.05) is 0 Å². The minimum atomic E-state index is -0.487. The summed E-state index contributed by atoms with van der Waals surface area (Å²) in [4.78, 5) is 0. The molecular weight excluding hydrogens is 220 g/mol. The lowest BCUT2D eigenvalue weighted by atomic mass is 10.1. The van der Waals surface area contributed by atoms with Crippen LogP contribution in [-0.2, 0) is 6.42 Å². The van der Waals surface area contributed by atoms with E-state index in [2.05, 4.69) is 0 Å². The highest BCUT2D eigenvalue weighted by Gasteiger charge is 2.03. The minimum Gasteiger partial charge on any atom is -0.497 e. The van der Waals surface area contributed by atoms with Gasteiger partial charge in [-0.05, 0) is 52.2 Å². The fourth-order valence-corrected chi connectivity index (χ4v) is 1.60. The lowest BCUT2D eigenvalue weighted by molar-refractivity contribution is 0.254. The number of benzene rings is 1. The summed E-state index contributed by atoms with van der Waals surface area (Å²) in [6.45, 7) is 0. The molecular formula is C10H13ClO2S. The van der Waals surface area contributed by atoms with E-state index in [1.165, 1.54) is 5.56 Å². The van der Waals surface area contributed by atoms with E-state index in [9.17, 15) is 5.11 Å². The molecule has 1 N–H and O–H groups in total. The van der Waals surface area contributed by atoms with Crippen molar-refractivity contribution in [1.29, 1.82) is 0 Å². The van der Waals surface area contributed by atoms with E-state index >= 15 is 0 Å². The van der Waals surface area contributed by atoms with Gasteiger partial charge in [-0.25, -0.2) is 0 Å². The van der Waals surface area contributed by atoms with Crippen LogP contribution in [-0.4, -0.2) is 17.7 Å². The molecule has 0 aliphatic rings. The van der Waals surface area contributed by atoms with E-state index in [-0.39, 0.29) is 0 Å². The van der Waals surface area contributed by atoms with Crippen LogP contribution in [0.3, 0.4) is 0 Å². The molecule has 1 unspecified atom stereocenters. The van der Waals surface area contributed by atoms with Crippen molar-refractivity contribution in [3.8, 4) is 5.75 Å². The van der Waals surface area contributed by atoms with Gasteiger partial charge in [0.2, 0.25) is 0 Å². The van der Waals surface area contributed by atoms with Gasteiger partial charge in [0.25, 0.3) is 0 Å². The van der Waals surface area contributed by atoms with Gasteiger partial charge in [0.1, 0.15) is 11.2 Å². The van der Waals surface area contributed by atoms with Crippen molar-refractivity contribution in [3.05, 3.63) is 29.8 Å². The van der Waals surface area contributed by atoms with Gasteiger partial charge in [-0.2, -0.15) is 0 Å². The van der Waals surface area contributed by atoms with Gasteiger partial charge >= 0.3 is 0 Å². The van der Waals surface area contributed by atoms with Crippen molar-refractivity contribution in [3.63, 3.8) is 0 Å². The van der Waals surface area contributed by atoms with Crippen LogP contribution in [0.5, 0.6) is 5.75 Å². The van der Waals surface area contributed by atoms with Crippen LogP contribution in [0.4, 0.5) is 0 Å². The molecule has 0 amide bonds. The molecule has 0 radical (unpaired) electrons. The van der Waals surface area contributed by atoms with Crippen molar-refractivity contribution < 1.29 is 9.84 Å². The summed E-state index contributed by atoms with van der Waals surface area (Å²) < 4.78 is 5.04. The highest BCUT2D eigenvalue weighted by atomic mass is 35.7. The molecule has 0 aliphatic heterocycles. The first-order chi connectivity index (χ1) is 6.76. The number of aryl methyl sites for hydroxylation is 1. The monoisotopic (exact) mass is 232 g/mol. The zero-order valence-electron chi connectivity index (χ0n) is 7.94. The van der Waals surface area contributed by atoms with Crippen LogP contribution in [0.1, 0.15) is 12.0 Å². The Morgan fingerprint density at radius 2 is 2.07 bits per heavy atom. The SMILES string of the molecule is COc1ccc(CCC(O)SCl)cc1. The van der Waals surface area contributed by atoms with Gasteiger partial charge in [0.05, 0.1) is 7.11 Å². The van der Waals surface area contributed by atoms with Crippen molar-refractivity contribution in [2.75, 3.05) is 7.11 Å². The average Bonchev–Trinajstić information content (AvgIpc) is 2.26. The number of hydrogen-bond acceptors (Lipinski definition) is 3. The highest BCUT2D eigenvalue weighted by Crippen LogP contribution is 2.19. The van der Waals surface area contributed by atoms with Crippen LogP contribution >= 0.6 is 21.7 Å². The highest BCUT2D eigenvalue weighted by molar-refractivity contribution is 8.21. The summed E-state index contributed by atoms with van der Waals surface area (Å²) in [6.07, 6.45) is 1.49. The fourth-order valence-electron chi connectivity index (χ4n) is 1.13. The summed E-state index contributed by atoms with van der Waals surface area (Å²) in [5, 5.41) is 9.23. The Bertz CT molecular complexity index is 263. The van der Waals surface area contributed by atoms with Gasteiger partial charge in [0.15, 0.2) is 0 Å². The van der Waals surface area contributed by atoms with Crippen LogP contribution in [0.2, 0.25) is 0 Å².